The van der Waals surface area contributed by atoms with E-state index in [1.165, 1.54) is 9.13 Å². The molecule has 2 heterocycles. The van der Waals surface area contributed by atoms with E-state index in [4.69, 9.17) is 21.1 Å². The summed E-state index contributed by atoms with van der Waals surface area (Å²) in [7, 11) is 1.68. The maximum absolute atomic E-state index is 12.5. The van der Waals surface area contributed by atoms with E-state index in [0.717, 1.165) is 5.52 Å². The van der Waals surface area contributed by atoms with Crippen molar-refractivity contribution >= 4 is 34.2 Å². The van der Waals surface area contributed by atoms with E-state index in [1.54, 1.807) is 25.2 Å². The highest BCUT2D eigenvalue weighted by Gasteiger charge is 2.18. The number of aromatic nitrogens is 2. The highest BCUT2D eigenvalue weighted by atomic mass is 35.5. The number of rotatable bonds is 3. The van der Waals surface area contributed by atoms with Gasteiger partial charge in [-0.2, -0.15) is 0 Å². The Morgan fingerprint density at radius 1 is 1.15 bits per heavy atom. The minimum Gasteiger partial charge on any atom is -0.486 e. The number of carbonyl (C=O) groups excluding carboxylic acids is 1. The molecule has 0 unspecified atom stereocenters. The average Bonchev–Trinajstić information content (AvgIpc) is 2.88. The molecule has 4 rings (SSSR count). The van der Waals surface area contributed by atoms with Gasteiger partial charge in [0.2, 0.25) is 5.91 Å². The van der Waals surface area contributed by atoms with Crippen molar-refractivity contribution in [2.75, 3.05) is 18.5 Å². The lowest BCUT2D eigenvalue weighted by Crippen LogP contribution is -2.28. The molecule has 0 spiro atoms. The Morgan fingerprint density at radius 2 is 1.81 bits per heavy atom. The number of benzene rings is 2. The van der Waals surface area contributed by atoms with Gasteiger partial charge in [-0.1, -0.05) is 23.7 Å². The molecule has 7 nitrogen and oxygen atoms in total. The molecule has 0 saturated carbocycles. The minimum absolute atomic E-state index is 0.120. The number of imidazole rings is 1. The molecular weight excluding hydrogens is 358 g/mol. The maximum Gasteiger partial charge on any atom is 0.329 e. The van der Waals surface area contributed by atoms with Gasteiger partial charge in [0.15, 0.2) is 11.5 Å². The average molecular weight is 374 g/mol. The fourth-order valence-corrected chi connectivity index (χ4v) is 3.21. The molecule has 0 fully saturated rings. The van der Waals surface area contributed by atoms with Crippen LogP contribution in [0.4, 0.5) is 5.69 Å². The largest absolute Gasteiger partial charge is 0.486 e. The fourth-order valence-electron chi connectivity index (χ4n) is 3.01. The van der Waals surface area contributed by atoms with Gasteiger partial charge < -0.3 is 14.8 Å². The topological polar surface area (TPSA) is 74.5 Å². The standard InChI is InChI=1S/C18H16ClN3O4/c1-21-13-4-2-3-5-14(13)22(18(21)24)10-17(23)20-12-9-16-15(8-11(12)19)25-6-7-26-16/h2-5,8-9H,6-7,10H2,1H3,(H,20,23). The van der Waals surface area contributed by atoms with Crippen molar-refractivity contribution < 1.29 is 14.3 Å². The number of hydrogen-bond acceptors (Lipinski definition) is 4. The summed E-state index contributed by atoms with van der Waals surface area (Å²) < 4.78 is 13.9. The second kappa shape index (κ2) is 6.42. The van der Waals surface area contributed by atoms with Crippen LogP contribution in [0.2, 0.25) is 5.02 Å². The molecule has 0 radical (unpaired) electrons. The lowest BCUT2D eigenvalue weighted by molar-refractivity contribution is -0.116. The summed E-state index contributed by atoms with van der Waals surface area (Å²) in [6.45, 7) is 0.775. The lowest BCUT2D eigenvalue weighted by atomic mass is 10.2. The summed E-state index contributed by atoms with van der Waals surface area (Å²) in [5, 5.41) is 3.08. The molecule has 3 aromatic rings. The molecule has 8 heteroatoms. The fraction of sp³-hybridized carbons (Fsp3) is 0.222. The zero-order chi connectivity index (χ0) is 18.3. The van der Waals surface area contributed by atoms with Crippen molar-refractivity contribution in [1.29, 1.82) is 0 Å². The number of ether oxygens (including phenoxy) is 2. The van der Waals surface area contributed by atoms with Gasteiger partial charge in [0.1, 0.15) is 19.8 Å². The van der Waals surface area contributed by atoms with Gasteiger partial charge in [0.05, 0.1) is 21.7 Å². The van der Waals surface area contributed by atoms with Crippen LogP contribution in [0.1, 0.15) is 0 Å². The Labute approximate surface area is 153 Å². The van der Waals surface area contributed by atoms with E-state index in [0.29, 0.717) is 40.9 Å². The smallest absolute Gasteiger partial charge is 0.329 e. The number of amides is 1. The van der Waals surface area contributed by atoms with Crippen LogP contribution in [0.3, 0.4) is 0 Å². The molecule has 1 aliphatic heterocycles. The lowest BCUT2D eigenvalue weighted by Gasteiger charge is -2.20. The Morgan fingerprint density at radius 3 is 2.54 bits per heavy atom. The second-order valence-corrected chi connectivity index (χ2v) is 6.35. The van der Waals surface area contributed by atoms with Crippen LogP contribution in [0.5, 0.6) is 11.5 Å². The van der Waals surface area contributed by atoms with Crippen molar-refractivity contribution in [3.8, 4) is 11.5 Å². The molecule has 1 amide bonds. The van der Waals surface area contributed by atoms with Crippen LogP contribution in [-0.2, 0) is 18.4 Å². The number of carbonyl (C=O) groups is 1. The van der Waals surface area contributed by atoms with E-state index in [1.807, 2.05) is 18.2 Å². The molecule has 1 aliphatic rings. The first kappa shape index (κ1) is 16.5. The van der Waals surface area contributed by atoms with Gasteiger partial charge in [0.25, 0.3) is 0 Å². The Bertz CT molecular complexity index is 1070. The number of anilines is 1. The van der Waals surface area contributed by atoms with Crippen LogP contribution < -0.4 is 20.5 Å². The number of halogens is 1. The summed E-state index contributed by atoms with van der Waals surface area (Å²) in [5.74, 6) is 0.713. The van der Waals surface area contributed by atoms with Crippen LogP contribution in [0, 0.1) is 0 Å². The Hall–Kier alpha value is -2.93. The molecule has 1 aromatic heterocycles. The minimum atomic E-state index is -0.359. The predicted octanol–water partition coefficient (Wildman–Crippen LogP) is 2.40. The van der Waals surface area contributed by atoms with Gasteiger partial charge in [0, 0.05) is 19.2 Å². The van der Waals surface area contributed by atoms with Crippen molar-refractivity contribution in [1.82, 2.24) is 9.13 Å². The molecule has 134 valence electrons. The molecule has 0 aliphatic carbocycles. The zero-order valence-electron chi connectivity index (χ0n) is 14.0. The van der Waals surface area contributed by atoms with E-state index in [2.05, 4.69) is 5.32 Å². The van der Waals surface area contributed by atoms with Crippen molar-refractivity contribution in [2.24, 2.45) is 7.05 Å². The summed E-state index contributed by atoms with van der Waals surface area (Å²) in [5.41, 5.74) is 1.62. The monoisotopic (exact) mass is 373 g/mol. The molecule has 0 atom stereocenters. The van der Waals surface area contributed by atoms with E-state index >= 15 is 0 Å². The Balaban J connectivity index is 1.61. The first-order chi connectivity index (χ1) is 12.5. The SMILES string of the molecule is Cn1c(=O)n(CC(=O)Nc2cc3c(cc2Cl)OCCO3)c2ccccc21. The van der Waals surface area contributed by atoms with Gasteiger partial charge >= 0.3 is 5.69 Å². The zero-order valence-corrected chi connectivity index (χ0v) is 14.7. The van der Waals surface area contributed by atoms with Gasteiger partial charge in [-0.05, 0) is 12.1 Å². The summed E-state index contributed by atoms with van der Waals surface area (Å²) >= 11 is 6.22. The summed E-state index contributed by atoms with van der Waals surface area (Å²) in [6.07, 6.45) is 0. The third-order valence-corrected chi connectivity index (χ3v) is 4.57. The number of hydrogen-bond donors (Lipinski definition) is 1. The van der Waals surface area contributed by atoms with Crippen molar-refractivity contribution in [3.05, 3.63) is 51.9 Å². The first-order valence-corrected chi connectivity index (χ1v) is 8.45. The van der Waals surface area contributed by atoms with E-state index in [9.17, 15) is 9.59 Å². The number of fused-ring (bicyclic) bond motifs is 2. The third kappa shape index (κ3) is 2.80. The van der Waals surface area contributed by atoms with Crippen LogP contribution in [0.15, 0.2) is 41.2 Å². The van der Waals surface area contributed by atoms with Crippen LogP contribution >= 0.6 is 11.6 Å². The molecule has 0 saturated heterocycles. The van der Waals surface area contributed by atoms with E-state index < -0.39 is 0 Å². The molecule has 1 N–H and O–H groups in total. The predicted molar refractivity (Wildman–Crippen MR) is 98.3 cm³/mol. The van der Waals surface area contributed by atoms with Crippen molar-refractivity contribution in [3.63, 3.8) is 0 Å². The van der Waals surface area contributed by atoms with Gasteiger partial charge in [-0.15, -0.1) is 0 Å². The number of nitrogens with zero attached hydrogens (tertiary/aromatic N) is 2. The quantitative estimate of drug-likeness (QED) is 0.765. The summed E-state index contributed by atoms with van der Waals surface area (Å²) in [6, 6.07) is 10.6. The second-order valence-electron chi connectivity index (χ2n) is 5.94. The highest BCUT2D eigenvalue weighted by molar-refractivity contribution is 6.34. The first-order valence-electron chi connectivity index (χ1n) is 8.08. The number of nitrogens with one attached hydrogen (secondary N) is 1. The van der Waals surface area contributed by atoms with Crippen molar-refractivity contribution in [2.45, 2.75) is 6.54 Å². The Kier molecular flexibility index (Phi) is 4.08. The normalized spacial score (nSPS) is 13.0. The number of para-hydroxylation sites is 2. The molecule has 2 aromatic carbocycles. The van der Waals surface area contributed by atoms with Crippen LogP contribution in [-0.4, -0.2) is 28.3 Å². The summed E-state index contributed by atoms with van der Waals surface area (Å²) in [4.78, 5) is 24.9. The molecule has 26 heavy (non-hydrogen) atoms. The number of aryl methyl sites for hydroxylation is 1. The highest BCUT2D eigenvalue weighted by Crippen LogP contribution is 2.37. The third-order valence-electron chi connectivity index (χ3n) is 4.26. The van der Waals surface area contributed by atoms with E-state index in [-0.39, 0.29) is 18.1 Å². The van der Waals surface area contributed by atoms with Gasteiger partial charge in [-0.25, -0.2) is 4.79 Å². The maximum atomic E-state index is 12.5. The molecular formula is C18H16ClN3O4. The molecule has 0 bridgehead atoms. The van der Waals surface area contributed by atoms with Crippen LogP contribution in [0.25, 0.3) is 11.0 Å². The van der Waals surface area contributed by atoms with Gasteiger partial charge in [-0.3, -0.25) is 13.9 Å².